The minimum Gasteiger partial charge on any atom is -0.321 e. The molecule has 0 aliphatic carbocycles. The first kappa shape index (κ1) is 11.9. The molecule has 0 unspecified atom stereocenters. The summed E-state index contributed by atoms with van der Waals surface area (Å²) in [6.07, 6.45) is 1.69. The lowest BCUT2D eigenvalue weighted by atomic mass is 10.2. The summed E-state index contributed by atoms with van der Waals surface area (Å²) >= 11 is 0. The molecule has 1 aromatic carbocycles. The standard InChI is InChI=1S/C13H9FN2O2/c14-10-3-6-12(15-7-10)13(18)16-11-4-1-9(8-17)2-5-11/h1-8H,(H,16,18). The first-order valence-electron chi connectivity index (χ1n) is 5.17. The Morgan fingerprint density at radius 2 is 1.89 bits per heavy atom. The van der Waals surface area contributed by atoms with E-state index < -0.39 is 11.7 Å². The van der Waals surface area contributed by atoms with Crippen LogP contribution in [-0.4, -0.2) is 17.2 Å². The molecule has 1 N–H and O–H groups in total. The van der Waals surface area contributed by atoms with E-state index in [9.17, 15) is 14.0 Å². The van der Waals surface area contributed by atoms with Crippen molar-refractivity contribution in [3.63, 3.8) is 0 Å². The summed E-state index contributed by atoms with van der Waals surface area (Å²) in [5, 5.41) is 2.59. The van der Waals surface area contributed by atoms with E-state index in [2.05, 4.69) is 10.3 Å². The van der Waals surface area contributed by atoms with E-state index in [1.165, 1.54) is 6.07 Å². The number of hydrogen-bond donors (Lipinski definition) is 1. The molecule has 0 atom stereocenters. The summed E-state index contributed by atoms with van der Waals surface area (Å²) in [5.74, 6) is -0.935. The largest absolute Gasteiger partial charge is 0.321 e. The molecule has 18 heavy (non-hydrogen) atoms. The highest BCUT2D eigenvalue weighted by Crippen LogP contribution is 2.09. The summed E-state index contributed by atoms with van der Waals surface area (Å²) in [6.45, 7) is 0. The van der Waals surface area contributed by atoms with E-state index in [-0.39, 0.29) is 5.69 Å². The molecule has 0 aliphatic heterocycles. The second kappa shape index (κ2) is 5.18. The van der Waals surface area contributed by atoms with E-state index in [1.807, 2.05) is 0 Å². The topological polar surface area (TPSA) is 59.1 Å². The van der Waals surface area contributed by atoms with Gasteiger partial charge in [0.1, 0.15) is 17.8 Å². The van der Waals surface area contributed by atoms with Crippen molar-refractivity contribution in [2.24, 2.45) is 0 Å². The molecule has 0 saturated carbocycles. The van der Waals surface area contributed by atoms with Crippen LogP contribution >= 0.6 is 0 Å². The molecule has 1 amide bonds. The zero-order valence-electron chi connectivity index (χ0n) is 9.26. The molecule has 4 nitrogen and oxygen atoms in total. The molecule has 0 spiro atoms. The van der Waals surface area contributed by atoms with Gasteiger partial charge in [-0.25, -0.2) is 9.37 Å². The first-order valence-corrected chi connectivity index (χ1v) is 5.17. The molecule has 0 saturated heterocycles. The number of halogens is 1. The lowest BCUT2D eigenvalue weighted by molar-refractivity contribution is 0.102. The zero-order chi connectivity index (χ0) is 13.0. The van der Waals surface area contributed by atoms with Gasteiger partial charge in [0, 0.05) is 11.3 Å². The number of carbonyl (C=O) groups excluding carboxylic acids is 2. The van der Waals surface area contributed by atoms with Crippen molar-refractivity contribution in [2.75, 3.05) is 5.32 Å². The minimum absolute atomic E-state index is 0.121. The van der Waals surface area contributed by atoms with E-state index in [0.29, 0.717) is 17.5 Å². The summed E-state index contributed by atoms with van der Waals surface area (Å²) in [6, 6.07) is 8.83. The third-order valence-corrected chi connectivity index (χ3v) is 2.26. The third kappa shape index (κ3) is 2.76. The number of hydrogen-bond acceptors (Lipinski definition) is 3. The molecule has 0 radical (unpaired) electrons. The van der Waals surface area contributed by atoms with Crippen LogP contribution in [0.4, 0.5) is 10.1 Å². The Bertz CT molecular complexity index is 565. The van der Waals surface area contributed by atoms with Crippen LogP contribution in [-0.2, 0) is 0 Å². The van der Waals surface area contributed by atoms with E-state index in [4.69, 9.17) is 0 Å². The van der Waals surface area contributed by atoms with Crippen molar-refractivity contribution >= 4 is 17.9 Å². The molecule has 2 rings (SSSR count). The van der Waals surface area contributed by atoms with E-state index in [1.54, 1.807) is 24.3 Å². The number of amides is 1. The number of benzene rings is 1. The van der Waals surface area contributed by atoms with Gasteiger partial charge in [-0.2, -0.15) is 0 Å². The molecular weight excluding hydrogens is 235 g/mol. The number of carbonyl (C=O) groups is 2. The zero-order valence-corrected chi connectivity index (χ0v) is 9.26. The minimum atomic E-state index is -0.498. The third-order valence-electron chi connectivity index (χ3n) is 2.26. The molecule has 0 aliphatic rings. The highest BCUT2D eigenvalue weighted by Gasteiger charge is 2.07. The number of nitrogens with zero attached hydrogens (tertiary/aromatic N) is 1. The molecule has 1 heterocycles. The molecule has 0 bridgehead atoms. The number of nitrogens with one attached hydrogen (secondary N) is 1. The Morgan fingerprint density at radius 3 is 2.44 bits per heavy atom. The Balaban J connectivity index is 2.10. The second-order valence-electron chi connectivity index (χ2n) is 3.56. The van der Waals surface area contributed by atoms with Gasteiger partial charge in [-0.05, 0) is 36.4 Å². The number of anilines is 1. The Morgan fingerprint density at radius 1 is 1.17 bits per heavy atom. The highest BCUT2D eigenvalue weighted by molar-refractivity contribution is 6.02. The van der Waals surface area contributed by atoms with E-state index in [0.717, 1.165) is 12.3 Å². The summed E-state index contributed by atoms with van der Waals surface area (Å²) in [5.41, 5.74) is 1.18. The normalized spacial score (nSPS) is 9.83. The monoisotopic (exact) mass is 244 g/mol. The Hall–Kier alpha value is -2.56. The van der Waals surface area contributed by atoms with Crippen LogP contribution in [0.15, 0.2) is 42.6 Å². The van der Waals surface area contributed by atoms with Crippen LogP contribution in [0, 0.1) is 5.82 Å². The smallest absolute Gasteiger partial charge is 0.274 e. The Kier molecular flexibility index (Phi) is 3.43. The van der Waals surface area contributed by atoms with Crippen LogP contribution in [0.3, 0.4) is 0 Å². The van der Waals surface area contributed by atoms with Crippen LogP contribution in [0.5, 0.6) is 0 Å². The number of aromatic nitrogens is 1. The number of pyridine rings is 1. The molecular formula is C13H9FN2O2. The van der Waals surface area contributed by atoms with Gasteiger partial charge in [0.25, 0.3) is 5.91 Å². The van der Waals surface area contributed by atoms with Crippen LogP contribution in [0.25, 0.3) is 0 Å². The molecule has 90 valence electrons. The van der Waals surface area contributed by atoms with Gasteiger partial charge >= 0.3 is 0 Å². The number of aldehydes is 1. The maximum Gasteiger partial charge on any atom is 0.274 e. The van der Waals surface area contributed by atoms with Gasteiger partial charge < -0.3 is 5.32 Å². The van der Waals surface area contributed by atoms with Gasteiger partial charge in [0.2, 0.25) is 0 Å². The predicted molar refractivity (Wildman–Crippen MR) is 64.0 cm³/mol. The van der Waals surface area contributed by atoms with Crippen LogP contribution in [0.2, 0.25) is 0 Å². The highest BCUT2D eigenvalue weighted by atomic mass is 19.1. The van der Waals surface area contributed by atoms with Gasteiger partial charge in [0.15, 0.2) is 0 Å². The van der Waals surface area contributed by atoms with Gasteiger partial charge in [-0.15, -0.1) is 0 Å². The van der Waals surface area contributed by atoms with Crippen molar-refractivity contribution in [2.45, 2.75) is 0 Å². The fourth-order valence-corrected chi connectivity index (χ4v) is 1.35. The fraction of sp³-hybridized carbons (Fsp3) is 0. The van der Waals surface area contributed by atoms with Gasteiger partial charge in [0.05, 0.1) is 6.20 Å². The summed E-state index contributed by atoms with van der Waals surface area (Å²) in [7, 11) is 0. The van der Waals surface area contributed by atoms with Crippen LogP contribution in [0.1, 0.15) is 20.8 Å². The fourth-order valence-electron chi connectivity index (χ4n) is 1.35. The number of rotatable bonds is 3. The van der Waals surface area contributed by atoms with Crippen molar-refractivity contribution in [3.05, 3.63) is 59.7 Å². The Labute approximate surface area is 102 Å². The summed E-state index contributed by atoms with van der Waals surface area (Å²) < 4.78 is 12.6. The average Bonchev–Trinajstić information content (AvgIpc) is 2.40. The predicted octanol–water partition coefficient (Wildman–Crippen LogP) is 2.29. The molecule has 5 heteroatoms. The van der Waals surface area contributed by atoms with Crippen LogP contribution < -0.4 is 5.32 Å². The molecule has 0 fully saturated rings. The average molecular weight is 244 g/mol. The lowest BCUT2D eigenvalue weighted by Gasteiger charge is -2.04. The second-order valence-corrected chi connectivity index (χ2v) is 3.56. The van der Waals surface area contributed by atoms with E-state index >= 15 is 0 Å². The van der Waals surface area contributed by atoms with Crippen molar-refractivity contribution in [1.29, 1.82) is 0 Å². The maximum atomic E-state index is 12.6. The SMILES string of the molecule is O=Cc1ccc(NC(=O)c2ccc(F)cn2)cc1. The van der Waals surface area contributed by atoms with Crippen molar-refractivity contribution < 1.29 is 14.0 Å². The lowest BCUT2D eigenvalue weighted by Crippen LogP contribution is -2.13. The van der Waals surface area contributed by atoms with Gasteiger partial charge in [-0.1, -0.05) is 0 Å². The first-order chi connectivity index (χ1) is 8.69. The van der Waals surface area contributed by atoms with Gasteiger partial charge in [-0.3, -0.25) is 9.59 Å². The van der Waals surface area contributed by atoms with Crippen molar-refractivity contribution in [3.8, 4) is 0 Å². The quantitative estimate of drug-likeness (QED) is 0.842. The summed E-state index contributed by atoms with van der Waals surface area (Å²) in [4.78, 5) is 25.8. The van der Waals surface area contributed by atoms with Crippen molar-refractivity contribution in [1.82, 2.24) is 4.98 Å². The maximum absolute atomic E-state index is 12.6. The molecule has 2 aromatic rings. The molecule has 1 aromatic heterocycles.